The van der Waals surface area contributed by atoms with Crippen molar-refractivity contribution < 1.29 is 4.42 Å². The minimum atomic E-state index is 0.375. The fourth-order valence-corrected chi connectivity index (χ4v) is 2.62. The molecule has 0 amide bonds. The molecule has 2 aromatic heterocycles. The summed E-state index contributed by atoms with van der Waals surface area (Å²) >= 11 is 1.56. The molecule has 0 aliphatic carbocycles. The largest absolute Gasteiger partial charge is 0.418 e. The van der Waals surface area contributed by atoms with Crippen molar-refractivity contribution in [2.45, 2.75) is 0 Å². The summed E-state index contributed by atoms with van der Waals surface area (Å²) in [6.07, 6.45) is 0. The summed E-state index contributed by atoms with van der Waals surface area (Å²) in [7, 11) is 0. The lowest BCUT2D eigenvalue weighted by Crippen LogP contribution is -2.43. The smallest absolute Gasteiger partial charge is 0.240 e. The third kappa shape index (κ3) is 1.98. The lowest BCUT2D eigenvalue weighted by molar-refractivity contribution is 0.512. The summed E-state index contributed by atoms with van der Waals surface area (Å²) in [4.78, 5) is 7.29. The van der Waals surface area contributed by atoms with E-state index in [9.17, 15) is 0 Å². The Labute approximate surface area is 109 Å². The van der Waals surface area contributed by atoms with Gasteiger partial charge in [0.15, 0.2) is 0 Å². The molecule has 1 aliphatic heterocycles. The molecule has 1 aliphatic rings. The van der Waals surface area contributed by atoms with Crippen LogP contribution >= 0.6 is 11.3 Å². The SMILES string of the molecule is N#Cc1nc(-c2cccs2)oc1N1CCNCC1. The van der Waals surface area contributed by atoms with Crippen LogP contribution < -0.4 is 10.2 Å². The average molecular weight is 260 g/mol. The van der Waals surface area contributed by atoms with Gasteiger partial charge in [-0.1, -0.05) is 6.07 Å². The molecule has 0 bridgehead atoms. The van der Waals surface area contributed by atoms with Crippen LogP contribution in [0.1, 0.15) is 5.69 Å². The van der Waals surface area contributed by atoms with Crippen LogP contribution in [0.4, 0.5) is 5.88 Å². The molecule has 0 atom stereocenters. The van der Waals surface area contributed by atoms with Gasteiger partial charge in [0.1, 0.15) is 6.07 Å². The maximum absolute atomic E-state index is 9.15. The molecule has 0 radical (unpaired) electrons. The van der Waals surface area contributed by atoms with Crippen LogP contribution in [0.2, 0.25) is 0 Å². The Balaban J connectivity index is 1.96. The van der Waals surface area contributed by atoms with Gasteiger partial charge in [0.05, 0.1) is 4.88 Å². The van der Waals surface area contributed by atoms with E-state index in [4.69, 9.17) is 9.68 Å². The Morgan fingerprint density at radius 1 is 1.44 bits per heavy atom. The normalized spacial score (nSPS) is 15.6. The quantitative estimate of drug-likeness (QED) is 0.890. The Hall–Kier alpha value is -1.84. The van der Waals surface area contributed by atoms with Gasteiger partial charge >= 0.3 is 0 Å². The van der Waals surface area contributed by atoms with Crippen molar-refractivity contribution in [3.63, 3.8) is 0 Å². The van der Waals surface area contributed by atoms with Crippen LogP contribution in [0.15, 0.2) is 21.9 Å². The van der Waals surface area contributed by atoms with Crippen molar-refractivity contribution in [2.75, 3.05) is 31.1 Å². The van der Waals surface area contributed by atoms with Gasteiger partial charge in [-0.2, -0.15) is 10.2 Å². The number of nitriles is 1. The van der Waals surface area contributed by atoms with Gasteiger partial charge in [0, 0.05) is 26.2 Å². The Morgan fingerprint density at radius 3 is 2.94 bits per heavy atom. The molecule has 1 N–H and O–H groups in total. The second-order valence-electron chi connectivity index (χ2n) is 4.00. The molecule has 6 heteroatoms. The monoisotopic (exact) mass is 260 g/mol. The zero-order chi connectivity index (χ0) is 12.4. The topological polar surface area (TPSA) is 65.1 Å². The molecule has 1 saturated heterocycles. The molecular weight excluding hydrogens is 248 g/mol. The fourth-order valence-electron chi connectivity index (χ4n) is 1.97. The fraction of sp³-hybridized carbons (Fsp3) is 0.333. The Bertz CT molecular complexity index is 563. The maximum atomic E-state index is 9.15. The van der Waals surface area contributed by atoms with E-state index in [0.717, 1.165) is 31.1 Å². The summed E-state index contributed by atoms with van der Waals surface area (Å²) in [6, 6.07) is 6.00. The summed E-state index contributed by atoms with van der Waals surface area (Å²) in [5, 5.41) is 14.4. The van der Waals surface area contributed by atoms with Crippen LogP contribution in [0.3, 0.4) is 0 Å². The highest BCUT2D eigenvalue weighted by molar-refractivity contribution is 7.13. The third-order valence-corrected chi connectivity index (χ3v) is 3.71. The number of nitrogens with one attached hydrogen (secondary N) is 1. The summed E-state index contributed by atoms with van der Waals surface area (Å²) in [6.45, 7) is 3.49. The van der Waals surface area contributed by atoms with E-state index in [1.54, 1.807) is 11.3 Å². The van der Waals surface area contributed by atoms with Gasteiger partial charge in [-0.05, 0) is 11.4 Å². The van der Waals surface area contributed by atoms with Crippen LogP contribution in [0.5, 0.6) is 0 Å². The molecule has 0 saturated carbocycles. The Kier molecular flexibility index (Phi) is 3.00. The number of hydrogen-bond acceptors (Lipinski definition) is 6. The van der Waals surface area contributed by atoms with E-state index in [1.807, 2.05) is 17.5 Å². The summed E-state index contributed by atoms with van der Waals surface area (Å²) in [5.41, 5.74) is 0.375. The molecule has 3 heterocycles. The minimum Gasteiger partial charge on any atom is -0.418 e. The van der Waals surface area contributed by atoms with E-state index < -0.39 is 0 Å². The van der Waals surface area contributed by atoms with Crippen molar-refractivity contribution in [1.29, 1.82) is 5.26 Å². The molecule has 0 unspecified atom stereocenters. The summed E-state index contributed by atoms with van der Waals surface area (Å²) in [5.74, 6) is 1.14. The summed E-state index contributed by atoms with van der Waals surface area (Å²) < 4.78 is 5.76. The first-order valence-electron chi connectivity index (χ1n) is 5.79. The first-order valence-corrected chi connectivity index (χ1v) is 6.67. The third-order valence-electron chi connectivity index (χ3n) is 2.85. The standard InChI is InChI=1S/C12H12N4OS/c13-8-9-12(16-5-3-14-4-6-16)17-11(15-9)10-2-1-7-18-10/h1-2,7,14H,3-6H2. The van der Waals surface area contributed by atoms with E-state index in [0.29, 0.717) is 17.5 Å². The van der Waals surface area contributed by atoms with Crippen molar-refractivity contribution in [2.24, 2.45) is 0 Å². The molecular formula is C12H12N4OS. The molecule has 92 valence electrons. The van der Waals surface area contributed by atoms with Crippen molar-refractivity contribution in [3.8, 4) is 16.8 Å². The number of thiophene rings is 1. The first kappa shape index (κ1) is 11.3. The van der Waals surface area contributed by atoms with Gasteiger partial charge in [-0.25, -0.2) is 0 Å². The van der Waals surface area contributed by atoms with Gasteiger partial charge in [-0.15, -0.1) is 11.3 Å². The average Bonchev–Trinajstić information content (AvgIpc) is 3.08. The zero-order valence-corrected chi connectivity index (χ0v) is 10.5. The number of rotatable bonds is 2. The molecule has 3 rings (SSSR count). The highest BCUT2D eigenvalue weighted by atomic mass is 32.1. The predicted molar refractivity (Wildman–Crippen MR) is 69.6 cm³/mol. The molecule has 0 spiro atoms. The number of hydrogen-bond donors (Lipinski definition) is 1. The number of nitrogens with zero attached hydrogens (tertiary/aromatic N) is 3. The van der Waals surface area contributed by atoms with Gasteiger partial charge in [-0.3, -0.25) is 0 Å². The molecule has 18 heavy (non-hydrogen) atoms. The van der Waals surface area contributed by atoms with Crippen molar-refractivity contribution in [3.05, 3.63) is 23.2 Å². The lowest BCUT2D eigenvalue weighted by atomic mass is 10.3. The molecule has 0 aromatic carbocycles. The van der Waals surface area contributed by atoms with Crippen molar-refractivity contribution in [1.82, 2.24) is 10.3 Å². The molecule has 2 aromatic rings. The van der Waals surface area contributed by atoms with E-state index in [-0.39, 0.29) is 0 Å². The molecule has 1 fully saturated rings. The van der Waals surface area contributed by atoms with Gasteiger partial charge in [0.2, 0.25) is 17.5 Å². The molecule has 5 nitrogen and oxygen atoms in total. The second-order valence-corrected chi connectivity index (χ2v) is 4.95. The van der Waals surface area contributed by atoms with E-state index >= 15 is 0 Å². The predicted octanol–water partition coefficient (Wildman–Crippen LogP) is 1.68. The second kappa shape index (κ2) is 4.80. The Morgan fingerprint density at radius 2 is 2.28 bits per heavy atom. The van der Waals surface area contributed by atoms with E-state index in [2.05, 4.69) is 21.3 Å². The number of anilines is 1. The van der Waals surface area contributed by atoms with E-state index in [1.165, 1.54) is 0 Å². The highest BCUT2D eigenvalue weighted by Crippen LogP contribution is 2.30. The number of aromatic nitrogens is 1. The highest BCUT2D eigenvalue weighted by Gasteiger charge is 2.21. The first-order chi connectivity index (χ1) is 8.88. The van der Waals surface area contributed by atoms with Crippen LogP contribution in [-0.2, 0) is 0 Å². The maximum Gasteiger partial charge on any atom is 0.240 e. The number of piperazine rings is 1. The van der Waals surface area contributed by atoms with Crippen LogP contribution in [0, 0.1) is 11.3 Å². The lowest BCUT2D eigenvalue weighted by Gasteiger charge is -2.26. The minimum absolute atomic E-state index is 0.375. The van der Waals surface area contributed by atoms with Crippen molar-refractivity contribution >= 4 is 17.2 Å². The van der Waals surface area contributed by atoms with Crippen LogP contribution in [0.25, 0.3) is 10.8 Å². The van der Waals surface area contributed by atoms with Gasteiger partial charge in [0.25, 0.3) is 0 Å². The zero-order valence-electron chi connectivity index (χ0n) is 9.72. The van der Waals surface area contributed by atoms with Gasteiger partial charge < -0.3 is 14.6 Å². The number of oxazole rings is 1. The van der Waals surface area contributed by atoms with Crippen LogP contribution in [-0.4, -0.2) is 31.2 Å².